The Balaban J connectivity index is 2.20. The van der Waals surface area contributed by atoms with Gasteiger partial charge in [-0.1, -0.05) is 19.8 Å². The molecule has 0 aromatic heterocycles. The Morgan fingerprint density at radius 3 is 2.57 bits per heavy atom. The Morgan fingerprint density at radius 2 is 1.95 bits per heavy atom. The van der Waals surface area contributed by atoms with E-state index in [4.69, 9.17) is 15.4 Å². The molecule has 0 radical (unpaired) electrons. The van der Waals surface area contributed by atoms with Gasteiger partial charge in [0.2, 0.25) is 0 Å². The van der Waals surface area contributed by atoms with Crippen molar-refractivity contribution in [2.24, 2.45) is 5.92 Å². The number of rotatable bonds is 4. The summed E-state index contributed by atoms with van der Waals surface area (Å²) in [6.45, 7) is 5.88. The Bertz CT molecular complexity index is 610. The van der Waals surface area contributed by atoms with E-state index in [9.17, 15) is 8.42 Å². The summed E-state index contributed by atoms with van der Waals surface area (Å²) in [4.78, 5) is 0.170. The van der Waals surface area contributed by atoms with E-state index in [-0.39, 0.29) is 11.0 Å². The Kier molecular flexibility index (Phi) is 5.20. The quantitative estimate of drug-likeness (QED) is 0.759. The van der Waals surface area contributed by atoms with Crippen molar-refractivity contribution in [3.63, 3.8) is 0 Å². The van der Waals surface area contributed by atoms with Crippen LogP contribution in [0.4, 0.5) is 0 Å². The third kappa shape index (κ3) is 3.92. The first-order chi connectivity index (χ1) is 9.82. The van der Waals surface area contributed by atoms with Gasteiger partial charge < -0.3 is 4.74 Å². The molecule has 21 heavy (non-hydrogen) atoms. The lowest BCUT2D eigenvalue weighted by molar-refractivity contribution is 0.121. The van der Waals surface area contributed by atoms with Gasteiger partial charge in [0.25, 0.3) is 9.05 Å². The minimum atomic E-state index is -3.70. The summed E-state index contributed by atoms with van der Waals surface area (Å²) < 4.78 is 29.2. The van der Waals surface area contributed by atoms with Crippen LogP contribution in [0.25, 0.3) is 0 Å². The second-order valence-corrected chi connectivity index (χ2v) is 8.46. The molecule has 2 unspecified atom stereocenters. The number of hydrogen-bond donors (Lipinski definition) is 0. The van der Waals surface area contributed by atoms with Gasteiger partial charge in [-0.05, 0) is 62.3 Å². The molecule has 2 atom stereocenters. The summed E-state index contributed by atoms with van der Waals surface area (Å²) in [5.74, 6) is 1.52. The van der Waals surface area contributed by atoms with Gasteiger partial charge in [0, 0.05) is 10.7 Å². The zero-order valence-corrected chi connectivity index (χ0v) is 14.4. The number of halogens is 1. The Hall–Kier alpha value is -0.740. The molecular weight excluding hydrogens is 308 g/mol. The first kappa shape index (κ1) is 16.6. The molecule has 1 fully saturated rings. The maximum atomic E-state index is 11.5. The lowest BCUT2D eigenvalue weighted by Crippen LogP contribution is -2.25. The second-order valence-electron chi connectivity index (χ2n) is 5.93. The minimum absolute atomic E-state index is 0.170. The highest BCUT2D eigenvalue weighted by Gasteiger charge is 2.24. The van der Waals surface area contributed by atoms with E-state index in [0.717, 1.165) is 30.1 Å². The van der Waals surface area contributed by atoms with Gasteiger partial charge >= 0.3 is 0 Å². The summed E-state index contributed by atoms with van der Waals surface area (Å²) >= 11 is 0. The normalized spacial score (nSPS) is 23.0. The van der Waals surface area contributed by atoms with E-state index in [2.05, 4.69) is 6.92 Å². The van der Waals surface area contributed by atoms with Crippen LogP contribution in [-0.4, -0.2) is 14.5 Å². The van der Waals surface area contributed by atoms with Crippen LogP contribution in [0.5, 0.6) is 5.75 Å². The average molecular weight is 331 g/mol. The van der Waals surface area contributed by atoms with Gasteiger partial charge in [-0.25, -0.2) is 8.42 Å². The third-order valence-electron chi connectivity index (χ3n) is 4.56. The Labute approximate surface area is 132 Å². The fourth-order valence-electron chi connectivity index (χ4n) is 3.06. The van der Waals surface area contributed by atoms with Gasteiger partial charge in [-0.3, -0.25) is 0 Å². The first-order valence-electron chi connectivity index (χ1n) is 7.54. The van der Waals surface area contributed by atoms with E-state index in [1.165, 1.54) is 19.3 Å². The van der Waals surface area contributed by atoms with Crippen molar-refractivity contribution in [3.05, 3.63) is 23.3 Å². The highest BCUT2D eigenvalue weighted by molar-refractivity contribution is 8.13. The van der Waals surface area contributed by atoms with Gasteiger partial charge in [0.1, 0.15) is 5.75 Å². The van der Waals surface area contributed by atoms with E-state index in [0.29, 0.717) is 5.56 Å². The topological polar surface area (TPSA) is 43.4 Å². The maximum Gasteiger partial charge on any atom is 0.261 e. The van der Waals surface area contributed by atoms with E-state index in [1.807, 2.05) is 6.92 Å². The molecule has 118 valence electrons. The number of benzene rings is 1. The highest BCUT2D eigenvalue weighted by Crippen LogP contribution is 2.33. The van der Waals surface area contributed by atoms with Crippen molar-refractivity contribution in [2.45, 2.75) is 63.9 Å². The third-order valence-corrected chi connectivity index (χ3v) is 6.02. The van der Waals surface area contributed by atoms with Crippen molar-refractivity contribution in [1.29, 1.82) is 0 Å². The van der Waals surface area contributed by atoms with Crippen LogP contribution in [0.3, 0.4) is 0 Å². The standard InChI is InChI=1S/C16H23ClO3S/c1-4-13-6-5-7-14(10-13)20-15-8-9-16(21(17,18)19)12(3)11(15)2/h8-9,13-14H,4-7,10H2,1-3H3. The molecule has 1 aromatic rings. The van der Waals surface area contributed by atoms with Gasteiger partial charge in [0.05, 0.1) is 11.0 Å². The van der Waals surface area contributed by atoms with E-state index < -0.39 is 9.05 Å². The lowest BCUT2D eigenvalue weighted by Gasteiger charge is -2.29. The molecule has 1 aliphatic rings. The monoisotopic (exact) mass is 330 g/mol. The van der Waals surface area contributed by atoms with Gasteiger partial charge in [-0.15, -0.1) is 0 Å². The maximum absolute atomic E-state index is 11.5. The molecule has 1 aliphatic carbocycles. The molecule has 0 spiro atoms. The van der Waals surface area contributed by atoms with Crippen molar-refractivity contribution in [3.8, 4) is 5.75 Å². The molecule has 0 aliphatic heterocycles. The summed E-state index contributed by atoms with van der Waals surface area (Å²) in [5, 5.41) is 0. The Morgan fingerprint density at radius 1 is 1.24 bits per heavy atom. The van der Waals surface area contributed by atoms with Crippen LogP contribution in [0.2, 0.25) is 0 Å². The molecular formula is C16H23ClO3S. The van der Waals surface area contributed by atoms with E-state index >= 15 is 0 Å². The second kappa shape index (κ2) is 6.57. The fraction of sp³-hybridized carbons (Fsp3) is 0.625. The van der Waals surface area contributed by atoms with Crippen LogP contribution in [-0.2, 0) is 9.05 Å². The number of ether oxygens (including phenoxy) is 1. The molecule has 0 N–H and O–H groups in total. The lowest BCUT2D eigenvalue weighted by atomic mass is 9.85. The van der Waals surface area contributed by atoms with Crippen LogP contribution < -0.4 is 4.74 Å². The zero-order valence-electron chi connectivity index (χ0n) is 12.9. The molecule has 1 saturated carbocycles. The zero-order chi connectivity index (χ0) is 15.6. The van der Waals surface area contributed by atoms with Crippen LogP contribution in [0.1, 0.15) is 50.2 Å². The highest BCUT2D eigenvalue weighted by atomic mass is 35.7. The van der Waals surface area contributed by atoms with Gasteiger partial charge in [0.15, 0.2) is 0 Å². The number of hydrogen-bond acceptors (Lipinski definition) is 3. The molecule has 5 heteroatoms. The van der Waals surface area contributed by atoms with Gasteiger partial charge in [-0.2, -0.15) is 0 Å². The summed E-state index contributed by atoms with van der Waals surface area (Å²) in [6, 6.07) is 3.27. The average Bonchev–Trinajstić information content (AvgIpc) is 2.43. The largest absolute Gasteiger partial charge is 0.490 e. The minimum Gasteiger partial charge on any atom is -0.490 e. The summed E-state index contributed by atoms with van der Waals surface area (Å²) in [6.07, 6.45) is 6.09. The first-order valence-corrected chi connectivity index (χ1v) is 9.85. The molecule has 2 rings (SSSR count). The predicted molar refractivity (Wildman–Crippen MR) is 85.6 cm³/mol. The van der Waals surface area contributed by atoms with Crippen LogP contribution in [0, 0.1) is 19.8 Å². The fourth-order valence-corrected chi connectivity index (χ4v) is 4.31. The molecule has 3 nitrogen and oxygen atoms in total. The molecule has 0 amide bonds. The van der Waals surface area contributed by atoms with Crippen molar-refractivity contribution < 1.29 is 13.2 Å². The summed E-state index contributed by atoms with van der Waals surface area (Å²) in [7, 11) is 1.75. The SMILES string of the molecule is CCC1CCCC(Oc2ccc(S(=O)(=O)Cl)c(C)c2C)C1. The van der Waals surface area contributed by atoms with Crippen molar-refractivity contribution >= 4 is 19.7 Å². The van der Waals surface area contributed by atoms with Crippen LogP contribution >= 0.6 is 10.7 Å². The molecule has 0 heterocycles. The smallest absolute Gasteiger partial charge is 0.261 e. The van der Waals surface area contributed by atoms with Crippen LogP contribution in [0.15, 0.2) is 17.0 Å². The van der Waals surface area contributed by atoms with Crippen molar-refractivity contribution in [1.82, 2.24) is 0 Å². The van der Waals surface area contributed by atoms with Crippen molar-refractivity contribution in [2.75, 3.05) is 0 Å². The predicted octanol–water partition coefficient (Wildman–Crippen LogP) is 4.58. The summed E-state index contributed by atoms with van der Waals surface area (Å²) in [5.41, 5.74) is 1.53. The molecule has 1 aromatic carbocycles. The molecule has 0 bridgehead atoms. The molecule has 0 saturated heterocycles. The van der Waals surface area contributed by atoms with E-state index in [1.54, 1.807) is 19.1 Å².